The highest BCUT2D eigenvalue weighted by Gasteiger charge is 2.31. The molecule has 1 aliphatic rings. The maximum absolute atomic E-state index is 12.0. The highest BCUT2D eigenvalue weighted by atomic mass is 16.3. The lowest BCUT2D eigenvalue weighted by molar-refractivity contribution is -0.119. The first-order valence-corrected chi connectivity index (χ1v) is 9.07. The molecule has 1 fully saturated rings. The molecule has 1 aliphatic heterocycles. The highest BCUT2D eigenvalue weighted by molar-refractivity contribution is 5.85. The summed E-state index contributed by atoms with van der Waals surface area (Å²) in [6.07, 6.45) is 1.59. The predicted octanol–water partition coefficient (Wildman–Crippen LogP) is 1.18. The minimum Gasteiger partial charge on any atom is -0.467 e. The van der Waals surface area contributed by atoms with E-state index in [1.807, 2.05) is 13.0 Å². The second-order valence-corrected chi connectivity index (χ2v) is 6.83. The molecule has 1 aromatic rings. The molecule has 1 amide bonds. The maximum atomic E-state index is 12.0. The molecule has 1 aromatic heterocycles. The number of aliphatic imine (C=N–C) groups is 1. The largest absolute Gasteiger partial charge is 0.467 e. The minimum absolute atomic E-state index is 0.0883. The van der Waals surface area contributed by atoms with Crippen molar-refractivity contribution in [2.24, 2.45) is 10.9 Å². The summed E-state index contributed by atoms with van der Waals surface area (Å²) in [7, 11) is 0. The number of amides is 1. The van der Waals surface area contributed by atoms with Crippen molar-refractivity contribution in [2.75, 3.05) is 26.2 Å². The van der Waals surface area contributed by atoms with E-state index >= 15 is 0 Å². The quantitative estimate of drug-likeness (QED) is 0.509. The van der Waals surface area contributed by atoms with Crippen molar-refractivity contribution in [3.63, 3.8) is 0 Å². The van der Waals surface area contributed by atoms with Crippen LogP contribution in [0.4, 0.5) is 0 Å². The molecule has 2 heterocycles. The van der Waals surface area contributed by atoms with Crippen LogP contribution in [0.25, 0.3) is 0 Å². The Kier molecular flexibility index (Phi) is 7.31. The molecule has 3 N–H and O–H groups in total. The van der Waals surface area contributed by atoms with E-state index in [-0.39, 0.29) is 12.5 Å². The zero-order valence-corrected chi connectivity index (χ0v) is 15.7. The Labute approximate surface area is 150 Å². The number of furan rings is 1. The maximum Gasteiger partial charge on any atom is 0.242 e. The third-order valence-corrected chi connectivity index (χ3v) is 4.46. The third-order valence-electron chi connectivity index (χ3n) is 4.46. The zero-order valence-electron chi connectivity index (χ0n) is 15.7. The van der Waals surface area contributed by atoms with Gasteiger partial charge in [-0.1, -0.05) is 6.92 Å². The lowest BCUT2D eigenvalue weighted by Crippen LogP contribution is -2.47. The van der Waals surface area contributed by atoms with Crippen LogP contribution in [0.2, 0.25) is 0 Å². The fraction of sp³-hybridized carbons (Fsp3) is 0.667. The number of hydrogen-bond donors (Lipinski definition) is 3. The van der Waals surface area contributed by atoms with Gasteiger partial charge in [0.05, 0.1) is 12.8 Å². The highest BCUT2D eigenvalue weighted by Crippen LogP contribution is 2.18. The van der Waals surface area contributed by atoms with Crippen LogP contribution in [0.5, 0.6) is 0 Å². The van der Waals surface area contributed by atoms with E-state index in [0.717, 1.165) is 25.4 Å². The smallest absolute Gasteiger partial charge is 0.242 e. The Bertz CT molecular complexity index is 556. The summed E-state index contributed by atoms with van der Waals surface area (Å²) in [6, 6.07) is 4.51. The average molecular weight is 349 g/mol. The van der Waals surface area contributed by atoms with Crippen LogP contribution in [0, 0.1) is 5.92 Å². The van der Waals surface area contributed by atoms with Crippen LogP contribution in [-0.4, -0.2) is 55.0 Å². The number of nitrogens with zero attached hydrogens (tertiary/aromatic N) is 2. The average Bonchev–Trinajstić information content (AvgIpc) is 3.21. The van der Waals surface area contributed by atoms with Gasteiger partial charge >= 0.3 is 0 Å². The number of likely N-dealkylation sites (tertiary alicyclic amines) is 1. The van der Waals surface area contributed by atoms with Crippen molar-refractivity contribution in [2.45, 2.75) is 46.3 Å². The number of guanidine groups is 1. The number of nitrogens with one attached hydrogen (secondary N) is 3. The molecule has 1 saturated heterocycles. The summed E-state index contributed by atoms with van der Waals surface area (Å²) in [5.74, 6) is 1.84. The molecule has 7 heteroatoms. The van der Waals surface area contributed by atoms with Crippen molar-refractivity contribution < 1.29 is 9.21 Å². The second kappa shape index (κ2) is 9.46. The summed E-state index contributed by atoms with van der Waals surface area (Å²) in [5.41, 5.74) is 0. The summed E-state index contributed by atoms with van der Waals surface area (Å²) in [4.78, 5) is 18.8. The van der Waals surface area contributed by atoms with Gasteiger partial charge < -0.3 is 20.4 Å². The number of carbonyl (C=O) groups is 1. The predicted molar refractivity (Wildman–Crippen MR) is 99.3 cm³/mol. The van der Waals surface area contributed by atoms with Gasteiger partial charge in [-0.05, 0) is 38.8 Å². The third kappa shape index (κ3) is 6.08. The van der Waals surface area contributed by atoms with E-state index in [4.69, 9.17) is 4.42 Å². The van der Waals surface area contributed by atoms with Crippen molar-refractivity contribution in [1.82, 2.24) is 20.9 Å². The van der Waals surface area contributed by atoms with E-state index < -0.39 is 0 Å². The van der Waals surface area contributed by atoms with Gasteiger partial charge in [0.1, 0.15) is 12.3 Å². The standard InChI is InChI=1S/C18H31N5O2/c1-5-19-18(22-16-12-23(13(2)3)11-14(16)4)21-10-17(24)20-9-15-7-6-8-25-15/h6-8,13-14,16H,5,9-12H2,1-4H3,(H,20,24)(H2,19,21,22). The summed E-state index contributed by atoms with van der Waals surface area (Å²) in [6.45, 7) is 12.0. The van der Waals surface area contributed by atoms with Gasteiger partial charge in [0.15, 0.2) is 5.96 Å². The van der Waals surface area contributed by atoms with Crippen molar-refractivity contribution in [3.8, 4) is 0 Å². The first-order chi connectivity index (χ1) is 12.0. The molecular weight excluding hydrogens is 318 g/mol. The van der Waals surface area contributed by atoms with Crippen LogP contribution < -0.4 is 16.0 Å². The molecule has 0 radical (unpaired) electrons. The summed E-state index contributed by atoms with van der Waals surface area (Å²) in [5, 5.41) is 9.50. The Morgan fingerprint density at radius 2 is 2.20 bits per heavy atom. The second-order valence-electron chi connectivity index (χ2n) is 6.83. The van der Waals surface area contributed by atoms with Crippen LogP contribution in [0.1, 0.15) is 33.5 Å². The topological polar surface area (TPSA) is 81.9 Å². The molecule has 0 spiro atoms. The van der Waals surface area contributed by atoms with Crippen molar-refractivity contribution >= 4 is 11.9 Å². The van der Waals surface area contributed by atoms with Crippen LogP contribution in [0.15, 0.2) is 27.8 Å². The van der Waals surface area contributed by atoms with E-state index in [9.17, 15) is 4.79 Å². The van der Waals surface area contributed by atoms with Gasteiger partial charge in [-0.25, -0.2) is 4.99 Å². The molecule has 2 unspecified atom stereocenters. The lowest BCUT2D eigenvalue weighted by Gasteiger charge is -2.21. The first kappa shape index (κ1) is 19.3. The molecule has 140 valence electrons. The number of carbonyl (C=O) groups excluding carboxylic acids is 1. The fourth-order valence-corrected chi connectivity index (χ4v) is 2.92. The van der Waals surface area contributed by atoms with E-state index in [2.05, 4.69) is 46.6 Å². The van der Waals surface area contributed by atoms with Crippen molar-refractivity contribution in [3.05, 3.63) is 24.2 Å². The van der Waals surface area contributed by atoms with Crippen LogP contribution >= 0.6 is 0 Å². The van der Waals surface area contributed by atoms with Gasteiger partial charge in [-0.2, -0.15) is 0 Å². The van der Waals surface area contributed by atoms with E-state index in [0.29, 0.717) is 30.5 Å². The van der Waals surface area contributed by atoms with Gasteiger partial charge in [-0.3, -0.25) is 9.69 Å². The summed E-state index contributed by atoms with van der Waals surface area (Å²) < 4.78 is 5.20. The normalized spacial score (nSPS) is 21.6. The molecule has 0 aliphatic carbocycles. The van der Waals surface area contributed by atoms with Crippen molar-refractivity contribution in [1.29, 1.82) is 0 Å². The minimum atomic E-state index is -0.128. The van der Waals surface area contributed by atoms with Gasteiger partial charge in [-0.15, -0.1) is 0 Å². The SMILES string of the molecule is CCNC(=NCC(=O)NCc1ccco1)NC1CN(C(C)C)CC1C. The molecule has 0 saturated carbocycles. The van der Waals surface area contributed by atoms with Crippen LogP contribution in [0.3, 0.4) is 0 Å². The van der Waals surface area contributed by atoms with Gasteiger partial charge in [0, 0.05) is 31.7 Å². The Balaban J connectivity index is 1.84. The number of rotatable bonds is 7. The van der Waals surface area contributed by atoms with Gasteiger partial charge in [0.2, 0.25) is 5.91 Å². The molecule has 0 aromatic carbocycles. The van der Waals surface area contributed by atoms with E-state index in [1.165, 1.54) is 0 Å². The lowest BCUT2D eigenvalue weighted by atomic mass is 10.1. The summed E-state index contributed by atoms with van der Waals surface area (Å²) >= 11 is 0. The molecular formula is C18H31N5O2. The number of hydrogen-bond acceptors (Lipinski definition) is 4. The Hall–Kier alpha value is -2.02. The van der Waals surface area contributed by atoms with Gasteiger partial charge in [0.25, 0.3) is 0 Å². The van der Waals surface area contributed by atoms with Crippen LogP contribution in [-0.2, 0) is 11.3 Å². The Morgan fingerprint density at radius 3 is 2.80 bits per heavy atom. The molecule has 25 heavy (non-hydrogen) atoms. The van der Waals surface area contributed by atoms with E-state index in [1.54, 1.807) is 12.3 Å². The molecule has 0 bridgehead atoms. The molecule has 2 atom stereocenters. The zero-order chi connectivity index (χ0) is 18.2. The molecule has 2 rings (SSSR count). The monoisotopic (exact) mass is 349 g/mol. The Morgan fingerprint density at radius 1 is 1.40 bits per heavy atom. The molecule has 7 nitrogen and oxygen atoms in total. The first-order valence-electron chi connectivity index (χ1n) is 9.07. The fourth-order valence-electron chi connectivity index (χ4n) is 2.92.